The van der Waals surface area contributed by atoms with Crippen molar-refractivity contribution >= 4 is 34.9 Å². The van der Waals surface area contributed by atoms with Crippen LogP contribution in [0.25, 0.3) is 0 Å². The maximum absolute atomic E-state index is 11.6. The van der Waals surface area contributed by atoms with Gasteiger partial charge in [-0.3, -0.25) is 0 Å². The number of aromatic nitrogens is 1. The fraction of sp³-hybridized carbons (Fsp3) is 0.400. The number of ether oxygens (including phenoxy) is 1. The van der Waals surface area contributed by atoms with Crippen molar-refractivity contribution in [2.45, 2.75) is 0 Å². The highest BCUT2D eigenvalue weighted by molar-refractivity contribution is 6.37. The zero-order valence-corrected chi connectivity index (χ0v) is 11.0. The summed E-state index contributed by atoms with van der Waals surface area (Å²) in [4.78, 5) is 17.3. The van der Waals surface area contributed by atoms with Gasteiger partial charge in [0.15, 0.2) is 5.69 Å². The fourth-order valence-electron chi connectivity index (χ4n) is 1.04. The zero-order chi connectivity index (χ0) is 13.0. The van der Waals surface area contributed by atoms with Gasteiger partial charge >= 0.3 is 5.97 Å². The van der Waals surface area contributed by atoms with Gasteiger partial charge in [0.1, 0.15) is 11.8 Å². The monoisotopic (exact) mass is 277 g/mol. The molecule has 94 valence electrons. The predicted octanol–water partition coefficient (Wildman–Crippen LogP) is 1.69. The molecule has 7 heteroatoms. The third-order valence-electron chi connectivity index (χ3n) is 1.92. The fourth-order valence-corrected chi connectivity index (χ4v) is 1.42. The topological polar surface area (TPSA) is 68.5 Å². The molecule has 0 amide bonds. The molecular weight excluding hydrogens is 265 g/mol. The number of esters is 1. The number of carbonyl (C=O) groups excluding carboxylic acids is 1. The number of carbonyl (C=O) groups is 1. The SMILES string of the molecule is CN(C)CCOC(=O)c1nc(Cl)cc(N)c1Cl. The summed E-state index contributed by atoms with van der Waals surface area (Å²) < 4.78 is 4.99. The van der Waals surface area contributed by atoms with Gasteiger partial charge in [0.05, 0.1) is 10.7 Å². The molecule has 1 heterocycles. The van der Waals surface area contributed by atoms with E-state index >= 15 is 0 Å². The van der Waals surface area contributed by atoms with E-state index in [1.54, 1.807) is 0 Å². The molecule has 0 saturated carbocycles. The summed E-state index contributed by atoms with van der Waals surface area (Å²) in [6.45, 7) is 0.857. The summed E-state index contributed by atoms with van der Waals surface area (Å²) in [5.74, 6) is -0.633. The minimum absolute atomic E-state index is 0.0595. The Morgan fingerprint density at radius 1 is 1.53 bits per heavy atom. The van der Waals surface area contributed by atoms with Crippen molar-refractivity contribution in [3.05, 3.63) is 21.9 Å². The first-order chi connectivity index (χ1) is 7.91. The molecule has 0 aromatic carbocycles. The minimum Gasteiger partial charge on any atom is -0.460 e. The number of anilines is 1. The molecule has 1 aromatic heterocycles. The molecule has 0 aliphatic rings. The number of rotatable bonds is 4. The second-order valence-corrected chi connectivity index (χ2v) is 4.40. The Balaban J connectivity index is 2.75. The quantitative estimate of drug-likeness (QED) is 0.670. The largest absolute Gasteiger partial charge is 0.460 e. The molecule has 17 heavy (non-hydrogen) atoms. The number of likely N-dealkylation sites (N-methyl/N-ethyl adjacent to an activating group) is 1. The first kappa shape index (κ1) is 14.0. The Morgan fingerprint density at radius 3 is 2.76 bits per heavy atom. The van der Waals surface area contributed by atoms with E-state index in [1.807, 2.05) is 19.0 Å². The Kier molecular flexibility index (Phi) is 4.99. The molecule has 5 nitrogen and oxygen atoms in total. The summed E-state index contributed by atoms with van der Waals surface area (Å²) >= 11 is 11.5. The number of halogens is 2. The second-order valence-electron chi connectivity index (χ2n) is 3.64. The Hall–Kier alpha value is -1.04. The lowest BCUT2D eigenvalue weighted by atomic mass is 10.3. The van der Waals surface area contributed by atoms with Crippen LogP contribution in [0.3, 0.4) is 0 Å². The van der Waals surface area contributed by atoms with E-state index in [0.29, 0.717) is 6.54 Å². The number of hydrogen-bond acceptors (Lipinski definition) is 5. The molecule has 0 aliphatic heterocycles. The van der Waals surface area contributed by atoms with Crippen LogP contribution in [-0.4, -0.2) is 43.1 Å². The molecule has 0 unspecified atom stereocenters. The van der Waals surface area contributed by atoms with Crippen LogP contribution in [-0.2, 0) is 4.74 Å². The number of hydrogen-bond donors (Lipinski definition) is 1. The number of nitrogens with two attached hydrogens (primary N) is 1. The Morgan fingerprint density at radius 2 is 2.18 bits per heavy atom. The lowest BCUT2D eigenvalue weighted by molar-refractivity contribution is 0.0475. The zero-order valence-electron chi connectivity index (χ0n) is 9.54. The number of nitrogen functional groups attached to an aromatic ring is 1. The normalized spacial score (nSPS) is 10.6. The van der Waals surface area contributed by atoms with E-state index in [1.165, 1.54) is 6.07 Å². The van der Waals surface area contributed by atoms with Gasteiger partial charge in [0, 0.05) is 6.54 Å². The van der Waals surface area contributed by atoms with Crippen molar-refractivity contribution < 1.29 is 9.53 Å². The van der Waals surface area contributed by atoms with Gasteiger partial charge in [0.25, 0.3) is 0 Å². The maximum atomic E-state index is 11.6. The summed E-state index contributed by atoms with van der Waals surface area (Å²) in [5.41, 5.74) is 5.70. The van der Waals surface area contributed by atoms with Gasteiger partial charge in [-0.05, 0) is 20.2 Å². The molecule has 0 saturated heterocycles. The van der Waals surface area contributed by atoms with Crippen molar-refractivity contribution in [1.82, 2.24) is 9.88 Å². The van der Waals surface area contributed by atoms with E-state index in [4.69, 9.17) is 33.7 Å². The number of pyridine rings is 1. The first-order valence-corrected chi connectivity index (χ1v) is 5.60. The van der Waals surface area contributed by atoms with E-state index in [9.17, 15) is 4.79 Å². The molecule has 0 bridgehead atoms. The molecule has 0 aliphatic carbocycles. The van der Waals surface area contributed by atoms with Crippen LogP contribution in [0.2, 0.25) is 10.2 Å². The molecule has 0 spiro atoms. The molecular formula is C10H13Cl2N3O2. The highest BCUT2D eigenvalue weighted by atomic mass is 35.5. The van der Waals surface area contributed by atoms with Gasteiger partial charge in [-0.2, -0.15) is 0 Å². The summed E-state index contributed by atoms with van der Waals surface area (Å²) in [6, 6.07) is 1.38. The molecule has 1 aromatic rings. The second kappa shape index (κ2) is 6.05. The van der Waals surface area contributed by atoms with Crippen molar-refractivity contribution in [2.75, 3.05) is 33.0 Å². The lowest BCUT2D eigenvalue weighted by Gasteiger charge is -2.10. The van der Waals surface area contributed by atoms with E-state index in [2.05, 4.69) is 4.98 Å². The summed E-state index contributed by atoms with van der Waals surface area (Å²) in [7, 11) is 3.74. The predicted molar refractivity (Wildman–Crippen MR) is 67.5 cm³/mol. The van der Waals surface area contributed by atoms with Crippen LogP contribution < -0.4 is 5.73 Å². The standard InChI is InChI=1S/C10H13Cl2N3O2/c1-15(2)3-4-17-10(16)9-8(12)6(13)5-7(11)14-9/h5H,3-4H2,1-2H3,(H2,13,14). The van der Waals surface area contributed by atoms with Crippen molar-refractivity contribution in [2.24, 2.45) is 0 Å². The third kappa shape index (κ3) is 4.03. The smallest absolute Gasteiger partial charge is 0.358 e. The highest BCUT2D eigenvalue weighted by Gasteiger charge is 2.17. The minimum atomic E-state index is -0.633. The summed E-state index contributed by atoms with van der Waals surface area (Å²) in [5, 5.41) is 0.163. The van der Waals surface area contributed by atoms with Gasteiger partial charge < -0.3 is 15.4 Å². The van der Waals surface area contributed by atoms with Crippen molar-refractivity contribution in [3.8, 4) is 0 Å². The number of nitrogens with zero attached hydrogens (tertiary/aromatic N) is 2. The van der Waals surface area contributed by atoms with E-state index in [0.717, 1.165) is 0 Å². The highest BCUT2D eigenvalue weighted by Crippen LogP contribution is 2.25. The lowest BCUT2D eigenvalue weighted by Crippen LogP contribution is -2.20. The Labute approximate surface area is 109 Å². The Bertz CT molecular complexity index is 424. The average molecular weight is 278 g/mol. The molecule has 0 radical (unpaired) electrons. The van der Waals surface area contributed by atoms with E-state index < -0.39 is 5.97 Å². The van der Waals surface area contributed by atoms with Crippen LogP contribution in [0, 0.1) is 0 Å². The van der Waals surface area contributed by atoms with Gasteiger partial charge in [-0.25, -0.2) is 9.78 Å². The third-order valence-corrected chi connectivity index (χ3v) is 2.51. The van der Waals surface area contributed by atoms with Crippen LogP contribution in [0.4, 0.5) is 5.69 Å². The maximum Gasteiger partial charge on any atom is 0.358 e. The first-order valence-electron chi connectivity index (χ1n) is 4.85. The molecule has 1 rings (SSSR count). The van der Waals surface area contributed by atoms with Crippen molar-refractivity contribution in [1.29, 1.82) is 0 Å². The average Bonchev–Trinajstić information content (AvgIpc) is 2.22. The van der Waals surface area contributed by atoms with E-state index in [-0.39, 0.29) is 28.2 Å². The molecule has 0 fully saturated rings. The van der Waals surface area contributed by atoms with Crippen LogP contribution in [0.5, 0.6) is 0 Å². The van der Waals surface area contributed by atoms with Gasteiger partial charge in [-0.15, -0.1) is 0 Å². The van der Waals surface area contributed by atoms with Crippen LogP contribution in [0.15, 0.2) is 6.07 Å². The van der Waals surface area contributed by atoms with Crippen molar-refractivity contribution in [3.63, 3.8) is 0 Å². The molecule has 0 atom stereocenters. The van der Waals surface area contributed by atoms with Gasteiger partial charge in [-0.1, -0.05) is 23.2 Å². The van der Waals surface area contributed by atoms with Crippen LogP contribution >= 0.6 is 23.2 Å². The van der Waals surface area contributed by atoms with Crippen LogP contribution in [0.1, 0.15) is 10.5 Å². The molecule has 2 N–H and O–H groups in total. The van der Waals surface area contributed by atoms with Gasteiger partial charge in [0.2, 0.25) is 0 Å². The summed E-state index contributed by atoms with van der Waals surface area (Å²) in [6.07, 6.45) is 0.